The van der Waals surface area contributed by atoms with Crippen molar-refractivity contribution in [2.75, 3.05) is 13.1 Å². The van der Waals surface area contributed by atoms with Crippen molar-refractivity contribution in [2.24, 2.45) is 0 Å². The van der Waals surface area contributed by atoms with Crippen molar-refractivity contribution >= 4 is 6.03 Å². The Morgan fingerprint density at radius 2 is 2.12 bits per heavy atom. The molecular weight excluding hydrogens is 302 g/mol. The summed E-state index contributed by atoms with van der Waals surface area (Å²) < 4.78 is 1.97. The van der Waals surface area contributed by atoms with Gasteiger partial charge in [0.1, 0.15) is 12.2 Å². The van der Waals surface area contributed by atoms with Crippen LogP contribution in [-0.4, -0.2) is 33.9 Å². The Kier molecular flexibility index (Phi) is 5.46. The van der Waals surface area contributed by atoms with Crippen LogP contribution in [0.25, 0.3) is 0 Å². The van der Waals surface area contributed by atoms with Gasteiger partial charge >= 0.3 is 6.03 Å². The predicted molar refractivity (Wildman–Crippen MR) is 92.9 cm³/mol. The summed E-state index contributed by atoms with van der Waals surface area (Å²) >= 11 is 0. The number of hydrogen-bond acceptors (Lipinski definition) is 3. The minimum Gasteiger partial charge on any atom is -0.338 e. The molecule has 1 aliphatic carbocycles. The Morgan fingerprint density at radius 1 is 1.29 bits per heavy atom. The molecule has 1 aromatic carbocycles. The number of fused-ring (bicyclic) bond motifs is 1. The first-order valence-corrected chi connectivity index (χ1v) is 8.74. The molecule has 0 radical (unpaired) electrons. The molecule has 0 spiro atoms. The molecule has 6 heteroatoms. The first-order chi connectivity index (χ1) is 11.8. The number of rotatable bonds is 7. The Bertz CT molecular complexity index is 682. The van der Waals surface area contributed by atoms with Crippen molar-refractivity contribution in [1.82, 2.24) is 25.4 Å². The van der Waals surface area contributed by atoms with Gasteiger partial charge < -0.3 is 15.2 Å². The number of nitrogens with zero attached hydrogens (tertiary/aromatic N) is 3. The molecule has 2 amide bonds. The highest BCUT2D eigenvalue weighted by Gasteiger charge is 2.21. The molecule has 2 N–H and O–H groups in total. The van der Waals surface area contributed by atoms with E-state index in [2.05, 4.69) is 45.1 Å². The third-order valence-corrected chi connectivity index (χ3v) is 4.69. The van der Waals surface area contributed by atoms with E-state index in [1.165, 1.54) is 17.5 Å². The van der Waals surface area contributed by atoms with Gasteiger partial charge in [-0.05, 0) is 36.3 Å². The van der Waals surface area contributed by atoms with E-state index in [1.54, 1.807) is 6.33 Å². The molecule has 0 fully saturated rings. The van der Waals surface area contributed by atoms with Gasteiger partial charge in [0.25, 0.3) is 0 Å². The first-order valence-electron chi connectivity index (χ1n) is 8.74. The second-order valence-electron chi connectivity index (χ2n) is 6.20. The number of hydrogen-bond donors (Lipinski definition) is 2. The van der Waals surface area contributed by atoms with Gasteiger partial charge in [0.05, 0.1) is 0 Å². The number of benzene rings is 1. The Hall–Kier alpha value is -2.37. The van der Waals surface area contributed by atoms with Gasteiger partial charge in [-0.15, -0.1) is 10.2 Å². The summed E-state index contributed by atoms with van der Waals surface area (Å²) in [6, 6.07) is 8.54. The van der Waals surface area contributed by atoms with Gasteiger partial charge in [-0.1, -0.05) is 31.2 Å². The van der Waals surface area contributed by atoms with Crippen LogP contribution in [0.15, 0.2) is 30.6 Å². The summed E-state index contributed by atoms with van der Waals surface area (Å²) in [7, 11) is 0. The van der Waals surface area contributed by atoms with Crippen LogP contribution in [0.3, 0.4) is 0 Å². The van der Waals surface area contributed by atoms with Crippen molar-refractivity contribution in [2.45, 2.75) is 45.1 Å². The fourth-order valence-corrected chi connectivity index (χ4v) is 3.40. The molecule has 2 aromatic rings. The van der Waals surface area contributed by atoms with Crippen molar-refractivity contribution in [3.8, 4) is 0 Å². The first kappa shape index (κ1) is 16.5. The van der Waals surface area contributed by atoms with E-state index >= 15 is 0 Å². The van der Waals surface area contributed by atoms with Gasteiger partial charge in [-0.3, -0.25) is 0 Å². The Balaban J connectivity index is 1.35. The van der Waals surface area contributed by atoms with Gasteiger partial charge in [0.2, 0.25) is 0 Å². The quantitative estimate of drug-likeness (QED) is 0.819. The zero-order chi connectivity index (χ0) is 16.8. The van der Waals surface area contributed by atoms with Gasteiger partial charge in [-0.2, -0.15) is 0 Å². The molecule has 128 valence electrons. The van der Waals surface area contributed by atoms with Crippen LogP contribution in [-0.2, 0) is 19.4 Å². The molecule has 0 aliphatic heterocycles. The molecule has 24 heavy (non-hydrogen) atoms. The van der Waals surface area contributed by atoms with Crippen LogP contribution in [0, 0.1) is 0 Å². The number of nitrogens with one attached hydrogen (secondary N) is 2. The Morgan fingerprint density at radius 3 is 3.00 bits per heavy atom. The van der Waals surface area contributed by atoms with E-state index in [0.29, 0.717) is 25.6 Å². The van der Waals surface area contributed by atoms with Crippen LogP contribution < -0.4 is 10.6 Å². The monoisotopic (exact) mass is 327 g/mol. The molecule has 3 rings (SSSR count). The van der Waals surface area contributed by atoms with Crippen LogP contribution in [0.2, 0.25) is 0 Å². The zero-order valence-electron chi connectivity index (χ0n) is 14.2. The molecule has 6 nitrogen and oxygen atoms in total. The predicted octanol–water partition coefficient (Wildman–Crippen LogP) is 2.26. The number of aromatic nitrogens is 3. The second kappa shape index (κ2) is 7.95. The van der Waals surface area contributed by atoms with E-state index in [0.717, 1.165) is 25.1 Å². The lowest BCUT2D eigenvalue weighted by atomic mass is 9.98. The average Bonchev–Trinajstić information content (AvgIpc) is 3.22. The SMILES string of the molecule is CCc1nncn1CCNC(=O)NCCC1CCc2ccccc21. The maximum atomic E-state index is 11.9. The Labute approximate surface area is 142 Å². The summed E-state index contributed by atoms with van der Waals surface area (Å²) in [6.45, 7) is 4.02. The fraction of sp³-hybridized carbons (Fsp3) is 0.500. The normalized spacial score (nSPS) is 16.0. The molecule has 0 saturated carbocycles. The lowest BCUT2D eigenvalue weighted by molar-refractivity contribution is 0.240. The molecule has 1 atom stereocenters. The standard InChI is InChI=1S/C18H25N5O/c1-2-17-22-21-13-23(17)12-11-20-18(24)19-10-9-15-8-7-14-5-3-4-6-16(14)15/h3-6,13,15H,2,7-12H2,1H3,(H2,19,20,24). The van der Waals surface area contributed by atoms with Crippen molar-refractivity contribution in [3.05, 3.63) is 47.5 Å². The summed E-state index contributed by atoms with van der Waals surface area (Å²) in [5.41, 5.74) is 2.92. The molecule has 0 saturated heterocycles. The molecule has 1 aliphatic rings. The molecule has 1 unspecified atom stereocenters. The largest absolute Gasteiger partial charge is 0.338 e. The maximum absolute atomic E-state index is 11.9. The minimum atomic E-state index is -0.104. The second-order valence-corrected chi connectivity index (χ2v) is 6.20. The molecule has 1 aromatic heterocycles. The minimum absolute atomic E-state index is 0.104. The summed E-state index contributed by atoms with van der Waals surface area (Å²) in [6.07, 6.45) is 5.89. The number of urea groups is 1. The highest BCUT2D eigenvalue weighted by Crippen LogP contribution is 2.34. The van der Waals surface area contributed by atoms with E-state index in [-0.39, 0.29) is 6.03 Å². The van der Waals surface area contributed by atoms with Crippen molar-refractivity contribution in [1.29, 1.82) is 0 Å². The number of carbonyl (C=O) groups excluding carboxylic acids is 1. The van der Waals surface area contributed by atoms with Crippen LogP contribution in [0.5, 0.6) is 0 Å². The third-order valence-electron chi connectivity index (χ3n) is 4.69. The van der Waals surface area contributed by atoms with E-state index < -0.39 is 0 Å². The number of carbonyl (C=O) groups is 1. The van der Waals surface area contributed by atoms with Crippen molar-refractivity contribution in [3.63, 3.8) is 0 Å². The average molecular weight is 327 g/mol. The highest BCUT2D eigenvalue weighted by atomic mass is 16.2. The summed E-state index contributed by atoms with van der Waals surface area (Å²) in [4.78, 5) is 11.9. The lowest BCUT2D eigenvalue weighted by Gasteiger charge is -2.13. The maximum Gasteiger partial charge on any atom is 0.314 e. The number of amides is 2. The molecule has 0 bridgehead atoms. The number of aryl methyl sites for hydroxylation is 2. The van der Waals surface area contributed by atoms with Crippen LogP contribution >= 0.6 is 0 Å². The van der Waals surface area contributed by atoms with Gasteiger partial charge in [0, 0.05) is 26.1 Å². The van der Waals surface area contributed by atoms with E-state index in [9.17, 15) is 4.79 Å². The van der Waals surface area contributed by atoms with Gasteiger partial charge in [-0.25, -0.2) is 4.79 Å². The van der Waals surface area contributed by atoms with E-state index in [1.807, 2.05) is 11.5 Å². The lowest BCUT2D eigenvalue weighted by Crippen LogP contribution is -2.38. The molecule has 1 heterocycles. The van der Waals surface area contributed by atoms with Crippen LogP contribution in [0.4, 0.5) is 4.79 Å². The van der Waals surface area contributed by atoms with Gasteiger partial charge in [0.15, 0.2) is 0 Å². The molecular formula is C18H25N5O. The fourth-order valence-electron chi connectivity index (χ4n) is 3.40. The summed E-state index contributed by atoms with van der Waals surface area (Å²) in [5, 5.41) is 13.8. The van der Waals surface area contributed by atoms with Crippen molar-refractivity contribution < 1.29 is 4.79 Å². The van der Waals surface area contributed by atoms with Crippen LogP contribution in [0.1, 0.15) is 42.6 Å². The zero-order valence-corrected chi connectivity index (χ0v) is 14.2. The third kappa shape index (κ3) is 3.93. The topological polar surface area (TPSA) is 71.8 Å². The highest BCUT2D eigenvalue weighted by molar-refractivity contribution is 5.73. The summed E-state index contributed by atoms with van der Waals surface area (Å²) in [5.74, 6) is 1.52. The smallest absolute Gasteiger partial charge is 0.314 e. The van der Waals surface area contributed by atoms with E-state index in [4.69, 9.17) is 0 Å².